The number of esters is 1. The van der Waals surface area contributed by atoms with Crippen LogP contribution in [0.5, 0.6) is 11.5 Å². The number of carbonyl (C=O) groups is 1. The normalized spacial score (nSPS) is 9.85. The zero-order chi connectivity index (χ0) is 18.4. The first-order chi connectivity index (χ1) is 12.6. The molecule has 3 aromatic rings. The lowest BCUT2D eigenvalue weighted by atomic mass is 10.1. The monoisotopic (exact) mass is 344 g/mol. The highest BCUT2D eigenvalue weighted by Crippen LogP contribution is 2.28. The van der Waals surface area contributed by atoms with Crippen LogP contribution in [-0.4, -0.2) is 16.2 Å². The first-order valence-corrected chi connectivity index (χ1v) is 7.97. The van der Waals surface area contributed by atoms with Crippen LogP contribution in [0.1, 0.15) is 27.0 Å². The second-order valence-electron chi connectivity index (χ2n) is 5.57. The van der Waals surface area contributed by atoms with Crippen LogP contribution in [0.4, 0.5) is 0 Å². The van der Waals surface area contributed by atoms with Crippen molar-refractivity contribution in [3.63, 3.8) is 0 Å². The van der Waals surface area contributed by atoms with Gasteiger partial charge in [-0.1, -0.05) is 60.4 Å². The molecule has 0 fully saturated rings. The van der Waals surface area contributed by atoms with Crippen molar-refractivity contribution in [2.45, 2.75) is 6.61 Å². The minimum absolute atomic E-state index is 0.0567. The first kappa shape index (κ1) is 17.1. The van der Waals surface area contributed by atoms with Crippen molar-refractivity contribution in [3.8, 4) is 23.3 Å². The Morgan fingerprint density at radius 2 is 1.42 bits per heavy atom. The van der Waals surface area contributed by atoms with Gasteiger partial charge >= 0.3 is 5.97 Å². The van der Waals surface area contributed by atoms with Crippen LogP contribution in [0, 0.1) is 11.8 Å². The number of benzene rings is 3. The van der Waals surface area contributed by atoms with Crippen molar-refractivity contribution in [1.82, 2.24) is 0 Å². The highest BCUT2D eigenvalue weighted by Gasteiger charge is 2.14. The topological polar surface area (TPSA) is 66.8 Å². The van der Waals surface area contributed by atoms with Gasteiger partial charge in [-0.15, -0.1) is 0 Å². The smallest absolute Gasteiger partial charge is 0.338 e. The zero-order valence-electron chi connectivity index (χ0n) is 13.8. The largest absolute Gasteiger partial charge is 0.506 e. The SMILES string of the molecule is O=C(OCc1ccccc1)c1cc(O)c(C#Cc2ccccc2)c(O)c1. The second kappa shape index (κ2) is 7.91. The number of rotatable bonds is 3. The minimum atomic E-state index is -0.637. The van der Waals surface area contributed by atoms with Crippen molar-refractivity contribution >= 4 is 5.97 Å². The van der Waals surface area contributed by atoms with Crippen LogP contribution in [-0.2, 0) is 11.3 Å². The van der Waals surface area contributed by atoms with Crippen LogP contribution < -0.4 is 0 Å². The summed E-state index contributed by atoms with van der Waals surface area (Å²) in [5.41, 5.74) is 1.71. The standard InChI is InChI=1S/C22H16O4/c23-20-13-18(22(25)26-15-17-9-5-2-6-10-17)14-21(24)19(20)12-11-16-7-3-1-4-8-16/h1-10,13-14,23-24H,15H2. The molecule has 0 aliphatic rings. The summed E-state index contributed by atoms with van der Waals surface area (Å²) in [6.07, 6.45) is 0. The molecule has 0 aliphatic heterocycles. The van der Waals surface area contributed by atoms with Crippen LogP contribution in [0.15, 0.2) is 72.8 Å². The maximum atomic E-state index is 12.1. The van der Waals surface area contributed by atoms with Gasteiger partial charge in [-0.25, -0.2) is 4.79 Å². The van der Waals surface area contributed by atoms with E-state index in [4.69, 9.17) is 4.74 Å². The van der Waals surface area contributed by atoms with Gasteiger partial charge in [-0.3, -0.25) is 0 Å². The zero-order valence-corrected chi connectivity index (χ0v) is 13.8. The summed E-state index contributed by atoms with van der Waals surface area (Å²) in [6.45, 7) is 0.108. The highest BCUT2D eigenvalue weighted by molar-refractivity contribution is 5.91. The van der Waals surface area contributed by atoms with Gasteiger partial charge in [0, 0.05) is 5.56 Å². The van der Waals surface area contributed by atoms with E-state index in [1.807, 2.05) is 60.7 Å². The van der Waals surface area contributed by atoms with Gasteiger partial charge in [0.1, 0.15) is 23.7 Å². The third-order valence-corrected chi connectivity index (χ3v) is 3.65. The number of hydrogen-bond donors (Lipinski definition) is 2. The molecule has 0 heterocycles. The maximum Gasteiger partial charge on any atom is 0.338 e. The molecule has 0 saturated heterocycles. The molecule has 0 saturated carbocycles. The number of ether oxygens (including phenoxy) is 1. The Balaban J connectivity index is 1.76. The van der Waals surface area contributed by atoms with Gasteiger partial charge in [-0.05, 0) is 29.8 Å². The number of phenols is 2. The molecule has 3 aromatic carbocycles. The lowest BCUT2D eigenvalue weighted by molar-refractivity contribution is 0.0472. The first-order valence-electron chi connectivity index (χ1n) is 7.97. The lowest BCUT2D eigenvalue weighted by Gasteiger charge is -2.07. The fraction of sp³-hybridized carbons (Fsp3) is 0.0455. The molecule has 2 N–H and O–H groups in total. The van der Waals surface area contributed by atoms with Crippen molar-refractivity contribution in [2.75, 3.05) is 0 Å². The molecular formula is C22H16O4. The van der Waals surface area contributed by atoms with Crippen molar-refractivity contribution in [3.05, 3.63) is 95.1 Å². The molecule has 4 nitrogen and oxygen atoms in total. The van der Waals surface area contributed by atoms with E-state index in [1.54, 1.807) is 0 Å². The number of hydrogen-bond acceptors (Lipinski definition) is 4. The van der Waals surface area contributed by atoms with Crippen LogP contribution in [0.25, 0.3) is 0 Å². The lowest BCUT2D eigenvalue weighted by Crippen LogP contribution is -2.05. The molecule has 0 amide bonds. The van der Waals surface area contributed by atoms with Crippen molar-refractivity contribution < 1.29 is 19.7 Å². The molecule has 0 radical (unpaired) electrons. The van der Waals surface area contributed by atoms with E-state index >= 15 is 0 Å². The molecule has 0 unspecified atom stereocenters. The van der Waals surface area contributed by atoms with Gasteiger partial charge in [0.15, 0.2) is 0 Å². The molecule has 3 rings (SSSR count). The van der Waals surface area contributed by atoms with E-state index in [0.717, 1.165) is 11.1 Å². The van der Waals surface area contributed by atoms with E-state index in [1.165, 1.54) is 12.1 Å². The molecule has 0 atom stereocenters. The van der Waals surface area contributed by atoms with Crippen LogP contribution in [0.2, 0.25) is 0 Å². The Bertz CT molecular complexity index is 944. The molecule has 0 spiro atoms. The maximum absolute atomic E-state index is 12.1. The Hall–Kier alpha value is -3.71. The predicted molar refractivity (Wildman–Crippen MR) is 97.8 cm³/mol. The van der Waals surface area contributed by atoms with E-state index in [-0.39, 0.29) is 29.2 Å². The Labute approximate surface area is 151 Å². The fourth-order valence-electron chi connectivity index (χ4n) is 2.32. The van der Waals surface area contributed by atoms with Gasteiger partial charge in [0.25, 0.3) is 0 Å². The van der Waals surface area contributed by atoms with Gasteiger partial charge < -0.3 is 14.9 Å². The summed E-state index contributed by atoms with van der Waals surface area (Å²) in [5, 5.41) is 20.2. The second-order valence-corrected chi connectivity index (χ2v) is 5.57. The highest BCUT2D eigenvalue weighted by atomic mass is 16.5. The molecule has 0 aliphatic carbocycles. The summed E-state index contributed by atoms with van der Waals surface area (Å²) >= 11 is 0. The fourth-order valence-corrected chi connectivity index (χ4v) is 2.32. The third-order valence-electron chi connectivity index (χ3n) is 3.65. The van der Waals surface area contributed by atoms with Gasteiger partial charge in [-0.2, -0.15) is 0 Å². The van der Waals surface area contributed by atoms with E-state index < -0.39 is 5.97 Å². The molecule has 0 bridgehead atoms. The number of phenolic OH excluding ortho intramolecular Hbond substituents is 2. The molecule has 128 valence electrons. The molecule has 0 aromatic heterocycles. The Morgan fingerprint density at radius 1 is 0.846 bits per heavy atom. The summed E-state index contributed by atoms with van der Waals surface area (Å²) < 4.78 is 5.20. The van der Waals surface area contributed by atoms with Crippen molar-refractivity contribution in [2.24, 2.45) is 0 Å². The molecule has 4 heteroatoms. The van der Waals surface area contributed by atoms with Crippen molar-refractivity contribution in [1.29, 1.82) is 0 Å². The van der Waals surface area contributed by atoms with E-state index in [0.29, 0.717) is 0 Å². The summed E-state index contributed by atoms with van der Waals surface area (Å²) in [4.78, 5) is 12.1. The van der Waals surface area contributed by atoms with Gasteiger partial charge in [0.05, 0.1) is 5.56 Å². The van der Waals surface area contributed by atoms with E-state index in [9.17, 15) is 15.0 Å². The molecule has 26 heavy (non-hydrogen) atoms. The van der Waals surface area contributed by atoms with Crippen LogP contribution in [0.3, 0.4) is 0 Å². The average Bonchev–Trinajstić information content (AvgIpc) is 2.67. The summed E-state index contributed by atoms with van der Waals surface area (Å²) in [6, 6.07) is 20.9. The predicted octanol–water partition coefficient (Wildman–Crippen LogP) is 3.85. The third kappa shape index (κ3) is 4.22. The van der Waals surface area contributed by atoms with Gasteiger partial charge in [0.2, 0.25) is 0 Å². The van der Waals surface area contributed by atoms with E-state index in [2.05, 4.69) is 11.8 Å². The summed E-state index contributed by atoms with van der Waals surface area (Å²) in [5.74, 6) is 4.38. The number of aromatic hydroxyl groups is 2. The quantitative estimate of drug-likeness (QED) is 0.559. The Kier molecular flexibility index (Phi) is 5.21. The number of carbonyl (C=O) groups excluding carboxylic acids is 1. The summed E-state index contributed by atoms with van der Waals surface area (Å²) in [7, 11) is 0. The van der Waals surface area contributed by atoms with Crippen LogP contribution >= 0.6 is 0 Å². The Morgan fingerprint density at radius 3 is 2.04 bits per heavy atom. The minimum Gasteiger partial charge on any atom is -0.506 e. The average molecular weight is 344 g/mol. The molecular weight excluding hydrogens is 328 g/mol.